The Hall–Kier alpha value is -3.04. The molecule has 3 rings (SSSR count). The summed E-state index contributed by atoms with van der Waals surface area (Å²) in [5.41, 5.74) is 6.80. The van der Waals surface area contributed by atoms with Gasteiger partial charge < -0.3 is 21.3 Å². The van der Waals surface area contributed by atoms with Gasteiger partial charge in [0.25, 0.3) is 5.91 Å². The van der Waals surface area contributed by atoms with E-state index in [9.17, 15) is 19.4 Å². The van der Waals surface area contributed by atoms with Gasteiger partial charge in [-0.25, -0.2) is 4.39 Å². The molecule has 1 unspecified atom stereocenters. The third kappa shape index (κ3) is 4.58. The van der Waals surface area contributed by atoms with Crippen molar-refractivity contribution in [3.05, 3.63) is 41.9 Å². The van der Waals surface area contributed by atoms with Gasteiger partial charge in [-0.05, 0) is 38.5 Å². The molecule has 3 aromatic rings. The van der Waals surface area contributed by atoms with Crippen molar-refractivity contribution in [1.29, 1.82) is 0 Å². The molecule has 0 aliphatic carbocycles. The maximum absolute atomic E-state index is 14.6. The number of carbonyl (C=O) groups excluding carboxylic acids is 1. The first-order valence-electron chi connectivity index (χ1n) is 9.62. The summed E-state index contributed by atoms with van der Waals surface area (Å²) in [5.74, 6) is -0.774. The highest BCUT2D eigenvalue weighted by Crippen LogP contribution is 2.33. The van der Waals surface area contributed by atoms with Gasteiger partial charge >= 0.3 is 0 Å². The average Bonchev–Trinajstić information content (AvgIpc) is 3.19. The number of aliphatic hydroxyl groups excluding tert-OH is 1. The molecule has 2 atom stereocenters. The topological polar surface area (TPSA) is 137 Å². The Morgan fingerprint density at radius 2 is 2.10 bits per heavy atom. The summed E-state index contributed by atoms with van der Waals surface area (Å²) < 4.78 is 14.6. The molecular formula is C21H26FN5O3. The second kappa shape index (κ2) is 8.37. The minimum atomic E-state index is -1.66. The van der Waals surface area contributed by atoms with Crippen LogP contribution in [0, 0.1) is 0 Å². The maximum Gasteiger partial charge on any atom is 0.252 e. The highest BCUT2D eigenvalue weighted by Gasteiger charge is 2.30. The van der Waals surface area contributed by atoms with Crippen molar-refractivity contribution in [2.75, 3.05) is 11.9 Å². The number of pyridine rings is 1. The molecule has 0 bridgehead atoms. The third-order valence-corrected chi connectivity index (χ3v) is 4.85. The zero-order chi connectivity index (χ0) is 22.1. The van der Waals surface area contributed by atoms with E-state index < -0.39 is 23.8 Å². The van der Waals surface area contributed by atoms with Crippen LogP contribution < -0.4 is 11.1 Å². The summed E-state index contributed by atoms with van der Waals surface area (Å²) in [4.78, 5) is 16.8. The standard InChI is InChI=1S/C21H26FN5O3/c1-11(28)8-24-19-14-6-12(13-9-25-26-10-13)4-5-15(14)27-16(18(19)20(23)29)7-17(22)21(2,3)30/h4-6,9-11,17,28,30H,7-8H2,1-3H3,(H2,23,29)(H,24,27)(H,25,26)/t11?,17-/m1/s1. The Balaban J connectivity index is 2.23. The first-order valence-corrected chi connectivity index (χ1v) is 9.62. The zero-order valence-electron chi connectivity index (χ0n) is 17.1. The number of rotatable bonds is 8. The van der Waals surface area contributed by atoms with Gasteiger partial charge in [0.05, 0.1) is 40.4 Å². The lowest BCUT2D eigenvalue weighted by Gasteiger charge is -2.24. The second-order valence-corrected chi connectivity index (χ2v) is 7.95. The molecule has 0 aliphatic heterocycles. The van der Waals surface area contributed by atoms with Crippen LogP contribution in [0.4, 0.5) is 10.1 Å². The molecule has 160 valence electrons. The van der Waals surface area contributed by atoms with Crippen molar-refractivity contribution < 1.29 is 19.4 Å². The van der Waals surface area contributed by atoms with Crippen LogP contribution in [-0.2, 0) is 6.42 Å². The number of aromatic amines is 1. The molecule has 6 N–H and O–H groups in total. The molecule has 2 heterocycles. The maximum atomic E-state index is 14.6. The number of aliphatic hydroxyl groups is 2. The van der Waals surface area contributed by atoms with Gasteiger partial charge in [-0.2, -0.15) is 5.10 Å². The van der Waals surface area contributed by atoms with Crippen LogP contribution in [0.3, 0.4) is 0 Å². The fourth-order valence-electron chi connectivity index (χ4n) is 3.17. The predicted octanol–water partition coefficient (Wildman–Crippen LogP) is 2.17. The number of alkyl halides is 1. The molecule has 1 aromatic carbocycles. The van der Waals surface area contributed by atoms with E-state index in [4.69, 9.17) is 5.73 Å². The van der Waals surface area contributed by atoms with E-state index in [-0.39, 0.29) is 24.2 Å². The lowest BCUT2D eigenvalue weighted by molar-refractivity contribution is -0.00304. The molecule has 0 radical (unpaired) electrons. The Kier molecular flexibility index (Phi) is 6.04. The van der Waals surface area contributed by atoms with Crippen molar-refractivity contribution in [2.45, 2.75) is 45.1 Å². The van der Waals surface area contributed by atoms with Crippen LogP contribution in [0.15, 0.2) is 30.6 Å². The Labute approximate surface area is 173 Å². The summed E-state index contributed by atoms with van der Waals surface area (Å²) in [7, 11) is 0. The smallest absolute Gasteiger partial charge is 0.252 e. The Bertz CT molecular complexity index is 1040. The Morgan fingerprint density at radius 1 is 1.37 bits per heavy atom. The monoisotopic (exact) mass is 415 g/mol. The number of hydrogen-bond donors (Lipinski definition) is 5. The van der Waals surface area contributed by atoms with E-state index in [2.05, 4.69) is 20.5 Å². The fraction of sp³-hybridized carbons (Fsp3) is 0.381. The molecule has 0 fully saturated rings. The van der Waals surface area contributed by atoms with Crippen LogP contribution in [0.2, 0.25) is 0 Å². The minimum Gasteiger partial charge on any atom is -0.392 e. The lowest BCUT2D eigenvalue weighted by atomic mass is 9.94. The fourth-order valence-corrected chi connectivity index (χ4v) is 3.17. The summed E-state index contributed by atoms with van der Waals surface area (Å²) in [6, 6.07) is 5.43. The highest BCUT2D eigenvalue weighted by atomic mass is 19.1. The third-order valence-electron chi connectivity index (χ3n) is 4.85. The van der Waals surface area contributed by atoms with Gasteiger partial charge in [0.15, 0.2) is 0 Å². The summed E-state index contributed by atoms with van der Waals surface area (Å²) >= 11 is 0. The van der Waals surface area contributed by atoms with Crippen LogP contribution >= 0.6 is 0 Å². The summed E-state index contributed by atoms with van der Waals surface area (Å²) in [5, 5.41) is 30.1. The largest absolute Gasteiger partial charge is 0.392 e. The van der Waals surface area contributed by atoms with E-state index >= 15 is 0 Å². The second-order valence-electron chi connectivity index (χ2n) is 7.95. The number of nitrogens with zero attached hydrogens (tertiary/aromatic N) is 2. The predicted molar refractivity (Wildman–Crippen MR) is 113 cm³/mol. The molecule has 1 amide bonds. The van der Waals surface area contributed by atoms with Crippen molar-refractivity contribution in [3.63, 3.8) is 0 Å². The average molecular weight is 415 g/mol. The van der Waals surface area contributed by atoms with Gasteiger partial charge in [0, 0.05) is 30.1 Å². The molecule has 0 saturated carbocycles. The highest BCUT2D eigenvalue weighted by molar-refractivity contribution is 6.08. The van der Waals surface area contributed by atoms with Crippen LogP contribution in [0.25, 0.3) is 22.0 Å². The van der Waals surface area contributed by atoms with Crippen LogP contribution in [0.1, 0.15) is 36.8 Å². The number of primary amides is 1. The van der Waals surface area contributed by atoms with Gasteiger partial charge in [0.2, 0.25) is 0 Å². The number of anilines is 1. The van der Waals surface area contributed by atoms with E-state index in [1.54, 1.807) is 25.4 Å². The molecule has 8 nitrogen and oxygen atoms in total. The van der Waals surface area contributed by atoms with Crippen molar-refractivity contribution in [2.24, 2.45) is 5.73 Å². The van der Waals surface area contributed by atoms with E-state index in [0.29, 0.717) is 16.6 Å². The Morgan fingerprint density at radius 3 is 2.67 bits per heavy atom. The number of carbonyl (C=O) groups is 1. The number of nitrogens with two attached hydrogens (primary N) is 1. The van der Waals surface area contributed by atoms with E-state index in [0.717, 1.165) is 11.1 Å². The van der Waals surface area contributed by atoms with Gasteiger partial charge in [-0.3, -0.25) is 14.9 Å². The van der Waals surface area contributed by atoms with E-state index in [1.807, 2.05) is 12.1 Å². The number of H-pyrrole nitrogens is 1. The lowest BCUT2D eigenvalue weighted by Crippen LogP contribution is -2.35. The molecule has 0 spiro atoms. The zero-order valence-corrected chi connectivity index (χ0v) is 17.1. The van der Waals surface area contributed by atoms with Gasteiger partial charge in [-0.15, -0.1) is 0 Å². The first-order chi connectivity index (χ1) is 14.1. The molecule has 0 aliphatic rings. The summed E-state index contributed by atoms with van der Waals surface area (Å²) in [6.45, 7) is 4.46. The molecule has 30 heavy (non-hydrogen) atoms. The molecular weight excluding hydrogens is 389 g/mol. The number of amides is 1. The quantitative estimate of drug-likeness (QED) is 0.382. The summed E-state index contributed by atoms with van der Waals surface area (Å²) in [6.07, 6.45) is 0.760. The van der Waals surface area contributed by atoms with Crippen LogP contribution in [0.5, 0.6) is 0 Å². The number of fused-ring (bicyclic) bond motifs is 1. The van der Waals surface area contributed by atoms with Crippen LogP contribution in [-0.4, -0.2) is 55.7 Å². The SMILES string of the molecule is CC(O)CNc1c(C(N)=O)c(C[C@@H](F)C(C)(C)O)nc2ccc(-c3cn[nH]c3)cc12. The number of hydrogen-bond acceptors (Lipinski definition) is 6. The van der Waals surface area contributed by atoms with Gasteiger partial charge in [-0.1, -0.05) is 6.07 Å². The number of halogens is 1. The van der Waals surface area contributed by atoms with Gasteiger partial charge in [0.1, 0.15) is 6.17 Å². The van der Waals surface area contributed by atoms with Crippen molar-refractivity contribution in [1.82, 2.24) is 15.2 Å². The molecule has 9 heteroatoms. The number of aromatic nitrogens is 3. The molecule has 0 saturated heterocycles. The normalized spacial score (nSPS) is 13.9. The minimum absolute atomic E-state index is 0.0411. The number of nitrogens with one attached hydrogen (secondary N) is 2. The number of benzene rings is 1. The van der Waals surface area contributed by atoms with E-state index in [1.165, 1.54) is 13.8 Å². The first kappa shape index (κ1) is 21.7. The molecule has 2 aromatic heterocycles. The van der Waals surface area contributed by atoms with Crippen molar-refractivity contribution >= 4 is 22.5 Å². The van der Waals surface area contributed by atoms with Crippen molar-refractivity contribution in [3.8, 4) is 11.1 Å².